The van der Waals surface area contributed by atoms with E-state index in [1.54, 1.807) is 12.5 Å². The summed E-state index contributed by atoms with van der Waals surface area (Å²) in [5.74, 6) is 1.53. The van der Waals surface area contributed by atoms with Crippen LogP contribution in [0, 0.1) is 0 Å². The van der Waals surface area contributed by atoms with E-state index in [9.17, 15) is 0 Å². The van der Waals surface area contributed by atoms with Gasteiger partial charge in [-0.25, -0.2) is 9.97 Å². The summed E-state index contributed by atoms with van der Waals surface area (Å²) in [4.78, 5) is 9.12. The van der Waals surface area contributed by atoms with Gasteiger partial charge in [-0.1, -0.05) is 0 Å². The Morgan fingerprint density at radius 3 is 3.00 bits per heavy atom. The Balaban J connectivity index is 1.93. The molecule has 1 aliphatic rings. The molecule has 0 bridgehead atoms. The summed E-state index contributed by atoms with van der Waals surface area (Å²) in [6.07, 6.45) is 6.70. The lowest BCUT2D eigenvalue weighted by Gasteiger charge is -2.25. The molecule has 0 aromatic carbocycles. The second-order valence-corrected chi connectivity index (χ2v) is 4.95. The van der Waals surface area contributed by atoms with Gasteiger partial charge in [-0.3, -0.25) is 4.57 Å². The van der Waals surface area contributed by atoms with Gasteiger partial charge in [0.1, 0.15) is 11.7 Å². The number of rotatable bonds is 2. The van der Waals surface area contributed by atoms with Crippen molar-refractivity contribution in [2.75, 3.05) is 6.61 Å². The van der Waals surface area contributed by atoms with E-state index in [1.807, 2.05) is 24.3 Å². The van der Waals surface area contributed by atoms with Crippen molar-refractivity contribution in [1.82, 2.24) is 14.5 Å². The molecule has 1 unspecified atom stereocenters. The predicted molar refractivity (Wildman–Crippen MR) is 74.1 cm³/mol. The number of hydrogen-bond donors (Lipinski definition) is 0. The molecule has 0 saturated carbocycles. The zero-order valence-corrected chi connectivity index (χ0v) is 11.0. The van der Waals surface area contributed by atoms with Crippen LogP contribution in [0.5, 0.6) is 0 Å². The zero-order valence-electron chi connectivity index (χ0n) is 11.0. The van der Waals surface area contributed by atoms with Gasteiger partial charge in [0.2, 0.25) is 0 Å². The molecular formula is C15H15N3O2. The van der Waals surface area contributed by atoms with Crippen LogP contribution >= 0.6 is 0 Å². The normalized spacial score (nSPS) is 19.5. The van der Waals surface area contributed by atoms with Crippen LogP contribution in [0.25, 0.3) is 22.7 Å². The Labute approximate surface area is 116 Å². The van der Waals surface area contributed by atoms with Crippen molar-refractivity contribution in [3.63, 3.8) is 0 Å². The lowest BCUT2D eigenvalue weighted by atomic mass is 10.2. The van der Waals surface area contributed by atoms with Gasteiger partial charge in [-0.05, 0) is 43.5 Å². The fourth-order valence-electron chi connectivity index (χ4n) is 2.71. The number of nitrogens with zero attached hydrogens (tertiary/aromatic N) is 3. The maximum absolute atomic E-state index is 5.91. The molecule has 1 atom stereocenters. The van der Waals surface area contributed by atoms with Gasteiger partial charge in [0, 0.05) is 12.8 Å². The highest BCUT2D eigenvalue weighted by molar-refractivity contribution is 5.76. The molecule has 3 aromatic heterocycles. The Bertz CT molecular complexity index is 712. The quantitative estimate of drug-likeness (QED) is 0.715. The molecule has 1 aliphatic heterocycles. The monoisotopic (exact) mass is 269 g/mol. The van der Waals surface area contributed by atoms with Crippen molar-refractivity contribution < 1.29 is 9.15 Å². The van der Waals surface area contributed by atoms with E-state index in [-0.39, 0.29) is 6.23 Å². The Hall–Kier alpha value is -2.14. The number of pyridine rings is 1. The van der Waals surface area contributed by atoms with Gasteiger partial charge in [0.05, 0.1) is 6.26 Å². The van der Waals surface area contributed by atoms with E-state index >= 15 is 0 Å². The highest BCUT2D eigenvalue weighted by Gasteiger charge is 2.24. The van der Waals surface area contributed by atoms with E-state index in [2.05, 4.69) is 14.5 Å². The van der Waals surface area contributed by atoms with Gasteiger partial charge in [0.25, 0.3) is 0 Å². The molecule has 3 aromatic rings. The minimum atomic E-state index is -0.0104. The summed E-state index contributed by atoms with van der Waals surface area (Å²) < 4.78 is 13.5. The molecule has 0 amide bonds. The Morgan fingerprint density at radius 2 is 2.20 bits per heavy atom. The number of fused-ring (bicyclic) bond motifs is 1. The van der Waals surface area contributed by atoms with Crippen LogP contribution in [0.1, 0.15) is 25.5 Å². The molecule has 4 rings (SSSR count). The minimum Gasteiger partial charge on any atom is -0.461 e. The van der Waals surface area contributed by atoms with Crippen molar-refractivity contribution in [3.8, 4) is 11.6 Å². The molecule has 102 valence electrons. The third-order valence-electron chi connectivity index (χ3n) is 3.63. The molecule has 4 heterocycles. The van der Waals surface area contributed by atoms with E-state index in [0.29, 0.717) is 0 Å². The second kappa shape index (κ2) is 4.76. The largest absolute Gasteiger partial charge is 0.461 e. The fourth-order valence-corrected chi connectivity index (χ4v) is 2.71. The Kier molecular flexibility index (Phi) is 2.77. The van der Waals surface area contributed by atoms with Gasteiger partial charge in [0.15, 0.2) is 17.2 Å². The third-order valence-corrected chi connectivity index (χ3v) is 3.63. The first-order valence-corrected chi connectivity index (χ1v) is 6.92. The van der Waals surface area contributed by atoms with Gasteiger partial charge in [-0.15, -0.1) is 0 Å². The van der Waals surface area contributed by atoms with E-state index in [1.165, 1.54) is 0 Å². The molecule has 5 heteroatoms. The molecule has 5 nitrogen and oxygen atoms in total. The first-order valence-electron chi connectivity index (χ1n) is 6.92. The number of hydrogen-bond acceptors (Lipinski definition) is 4. The van der Waals surface area contributed by atoms with E-state index in [0.717, 1.165) is 48.6 Å². The molecule has 1 saturated heterocycles. The van der Waals surface area contributed by atoms with Crippen molar-refractivity contribution in [3.05, 3.63) is 36.7 Å². The number of aromatic nitrogens is 3. The topological polar surface area (TPSA) is 53.1 Å². The summed E-state index contributed by atoms with van der Waals surface area (Å²) in [6.45, 7) is 0.786. The molecule has 20 heavy (non-hydrogen) atoms. The summed E-state index contributed by atoms with van der Waals surface area (Å²) >= 11 is 0. The van der Waals surface area contributed by atoms with Crippen LogP contribution in [0.2, 0.25) is 0 Å². The average molecular weight is 269 g/mol. The third kappa shape index (κ3) is 1.82. The van der Waals surface area contributed by atoms with Crippen molar-refractivity contribution >= 4 is 11.2 Å². The maximum Gasteiger partial charge on any atom is 0.180 e. The second-order valence-electron chi connectivity index (χ2n) is 4.95. The molecule has 0 N–H and O–H groups in total. The van der Waals surface area contributed by atoms with Crippen molar-refractivity contribution in [1.29, 1.82) is 0 Å². The van der Waals surface area contributed by atoms with Crippen LogP contribution in [0.4, 0.5) is 0 Å². The molecule has 1 fully saturated rings. The van der Waals surface area contributed by atoms with Gasteiger partial charge >= 0.3 is 0 Å². The zero-order chi connectivity index (χ0) is 13.4. The minimum absolute atomic E-state index is 0.0104. The smallest absolute Gasteiger partial charge is 0.180 e. The maximum atomic E-state index is 5.91. The fraction of sp³-hybridized carbons (Fsp3) is 0.333. The van der Waals surface area contributed by atoms with Crippen LogP contribution in [0.15, 0.2) is 41.1 Å². The number of imidazole rings is 1. The van der Waals surface area contributed by atoms with E-state index < -0.39 is 0 Å². The first kappa shape index (κ1) is 11.7. The lowest BCUT2D eigenvalue weighted by Crippen LogP contribution is -2.19. The van der Waals surface area contributed by atoms with Crippen LogP contribution < -0.4 is 0 Å². The molecular weight excluding hydrogens is 254 g/mol. The van der Waals surface area contributed by atoms with Crippen LogP contribution in [0.3, 0.4) is 0 Å². The molecule has 0 spiro atoms. The van der Waals surface area contributed by atoms with E-state index in [4.69, 9.17) is 9.15 Å². The predicted octanol–water partition coefficient (Wildman–Crippen LogP) is 3.39. The van der Waals surface area contributed by atoms with Crippen molar-refractivity contribution in [2.24, 2.45) is 0 Å². The highest BCUT2D eigenvalue weighted by Crippen LogP contribution is 2.32. The SMILES string of the molecule is c1coc(-c2nc3cccnc3n2C2CCCCO2)c1. The van der Waals surface area contributed by atoms with Gasteiger partial charge in [-0.2, -0.15) is 0 Å². The Morgan fingerprint density at radius 1 is 1.20 bits per heavy atom. The number of furan rings is 1. The average Bonchev–Trinajstić information content (AvgIpc) is 3.15. The summed E-state index contributed by atoms with van der Waals surface area (Å²) in [6, 6.07) is 7.65. The lowest BCUT2D eigenvalue weighted by molar-refractivity contribution is -0.0289. The first-order chi connectivity index (χ1) is 9.93. The van der Waals surface area contributed by atoms with Crippen LogP contribution in [-0.2, 0) is 4.74 Å². The van der Waals surface area contributed by atoms with Crippen LogP contribution in [-0.4, -0.2) is 21.1 Å². The van der Waals surface area contributed by atoms with Crippen molar-refractivity contribution in [2.45, 2.75) is 25.5 Å². The standard InChI is InChI=1S/C15H15N3O2/c1-2-9-20-13(7-1)18-14-11(5-3-8-16-14)17-15(18)12-6-4-10-19-12/h3-6,8,10,13H,1-2,7,9H2. The van der Waals surface area contributed by atoms with Gasteiger partial charge < -0.3 is 9.15 Å². The number of ether oxygens (including phenoxy) is 1. The molecule has 0 radical (unpaired) electrons. The summed E-state index contributed by atoms with van der Waals surface area (Å²) in [7, 11) is 0. The summed E-state index contributed by atoms with van der Waals surface area (Å²) in [5, 5.41) is 0. The summed E-state index contributed by atoms with van der Waals surface area (Å²) in [5.41, 5.74) is 1.72. The highest BCUT2D eigenvalue weighted by atomic mass is 16.5. The molecule has 0 aliphatic carbocycles.